The fraction of sp³-hybridized carbons (Fsp3) is 0.200. The van der Waals surface area contributed by atoms with Crippen molar-refractivity contribution < 1.29 is 9.90 Å². The summed E-state index contributed by atoms with van der Waals surface area (Å²) in [5, 5.41) is 9.28. The fourth-order valence-electron chi connectivity index (χ4n) is 2.18. The van der Waals surface area contributed by atoms with Crippen molar-refractivity contribution in [2.24, 2.45) is 0 Å². The van der Waals surface area contributed by atoms with Crippen LogP contribution in [0.5, 0.6) is 0 Å². The number of carbonyl (C=O) groups is 1. The molecular weight excluding hydrogens is 226 g/mol. The highest BCUT2D eigenvalue weighted by molar-refractivity contribution is 5.84. The SMILES string of the molecule is O=C(O)C1(c2cccc(-c3ccccc3)n2)CC1. The molecule has 0 aliphatic heterocycles. The Bertz CT molecular complexity index is 588. The number of carboxylic acid groups (broad SMARTS) is 1. The summed E-state index contributed by atoms with van der Waals surface area (Å²) in [4.78, 5) is 15.8. The summed E-state index contributed by atoms with van der Waals surface area (Å²) in [5.41, 5.74) is 1.79. The molecule has 3 rings (SSSR count). The lowest BCUT2D eigenvalue weighted by molar-refractivity contribution is -0.140. The number of nitrogens with zero attached hydrogens (tertiary/aromatic N) is 1. The van der Waals surface area contributed by atoms with E-state index in [1.807, 2.05) is 48.5 Å². The lowest BCUT2D eigenvalue weighted by Gasteiger charge is -2.10. The molecule has 0 amide bonds. The van der Waals surface area contributed by atoms with Gasteiger partial charge in [0.1, 0.15) is 5.41 Å². The minimum Gasteiger partial charge on any atom is -0.481 e. The van der Waals surface area contributed by atoms with Gasteiger partial charge in [0.05, 0.1) is 11.4 Å². The lowest BCUT2D eigenvalue weighted by atomic mass is 10.0. The average Bonchev–Trinajstić information content (AvgIpc) is 3.21. The van der Waals surface area contributed by atoms with Crippen molar-refractivity contribution in [2.45, 2.75) is 18.3 Å². The van der Waals surface area contributed by atoms with Crippen LogP contribution in [-0.2, 0) is 10.2 Å². The van der Waals surface area contributed by atoms with Crippen molar-refractivity contribution in [2.75, 3.05) is 0 Å². The van der Waals surface area contributed by atoms with Crippen LogP contribution in [0.2, 0.25) is 0 Å². The highest BCUT2D eigenvalue weighted by Crippen LogP contribution is 2.47. The smallest absolute Gasteiger partial charge is 0.315 e. The van der Waals surface area contributed by atoms with Gasteiger partial charge in [-0.25, -0.2) is 0 Å². The van der Waals surface area contributed by atoms with Gasteiger partial charge in [0.2, 0.25) is 0 Å². The second-order valence-corrected chi connectivity index (χ2v) is 4.66. The predicted octanol–water partition coefficient (Wildman–Crippen LogP) is 2.86. The molecule has 1 aromatic heterocycles. The topological polar surface area (TPSA) is 50.2 Å². The Morgan fingerprint density at radius 1 is 1.06 bits per heavy atom. The monoisotopic (exact) mass is 239 g/mol. The Labute approximate surface area is 105 Å². The zero-order valence-corrected chi connectivity index (χ0v) is 9.84. The highest BCUT2D eigenvalue weighted by atomic mass is 16.4. The minimum absolute atomic E-state index is 0.677. The van der Waals surface area contributed by atoms with E-state index in [0.717, 1.165) is 11.3 Å². The van der Waals surface area contributed by atoms with E-state index >= 15 is 0 Å². The Balaban J connectivity index is 2.03. The molecule has 1 saturated carbocycles. The molecule has 2 aromatic rings. The zero-order chi connectivity index (χ0) is 12.6. The molecule has 18 heavy (non-hydrogen) atoms. The molecule has 3 heteroatoms. The van der Waals surface area contributed by atoms with Crippen LogP contribution in [-0.4, -0.2) is 16.1 Å². The number of benzene rings is 1. The number of pyridine rings is 1. The van der Waals surface area contributed by atoms with E-state index in [0.29, 0.717) is 18.5 Å². The van der Waals surface area contributed by atoms with Crippen LogP contribution >= 0.6 is 0 Å². The number of aliphatic carboxylic acids is 1. The summed E-state index contributed by atoms with van der Waals surface area (Å²) in [6.45, 7) is 0. The van der Waals surface area contributed by atoms with E-state index in [2.05, 4.69) is 4.98 Å². The second kappa shape index (κ2) is 3.95. The molecule has 1 aliphatic rings. The molecule has 1 aliphatic carbocycles. The molecule has 1 fully saturated rings. The fourth-order valence-corrected chi connectivity index (χ4v) is 2.18. The standard InChI is InChI=1S/C15H13NO2/c17-14(18)15(9-10-15)13-8-4-7-12(16-13)11-5-2-1-3-6-11/h1-8H,9-10H2,(H,17,18). The maximum absolute atomic E-state index is 11.3. The maximum Gasteiger partial charge on any atom is 0.315 e. The molecule has 3 nitrogen and oxygen atoms in total. The van der Waals surface area contributed by atoms with Crippen molar-refractivity contribution in [1.29, 1.82) is 0 Å². The van der Waals surface area contributed by atoms with E-state index in [-0.39, 0.29) is 0 Å². The van der Waals surface area contributed by atoms with Crippen LogP contribution < -0.4 is 0 Å². The number of hydrogen-bond donors (Lipinski definition) is 1. The first-order valence-electron chi connectivity index (χ1n) is 5.99. The summed E-state index contributed by atoms with van der Waals surface area (Å²) in [6.07, 6.45) is 1.38. The third kappa shape index (κ3) is 1.68. The van der Waals surface area contributed by atoms with E-state index in [1.165, 1.54) is 0 Å². The molecule has 0 atom stereocenters. The molecule has 0 unspecified atom stereocenters. The van der Waals surface area contributed by atoms with Gasteiger partial charge in [-0.2, -0.15) is 0 Å². The van der Waals surface area contributed by atoms with Crippen molar-refractivity contribution in [3.8, 4) is 11.3 Å². The molecule has 0 bridgehead atoms. The van der Waals surface area contributed by atoms with Crippen LogP contribution in [0.3, 0.4) is 0 Å². The summed E-state index contributed by atoms with van der Waals surface area (Å²) >= 11 is 0. The van der Waals surface area contributed by atoms with Gasteiger partial charge < -0.3 is 5.11 Å². The van der Waals surface area contributed by atoms with Crippen molar-refractivity contribution in [3.63, 3.8) is 0 Å². The van der Waals surface area contributed by atoms with Crippen molar-refractivity contribution in [1.82, 2.24) is 4.98 Å². The van der Waals surface area contributed by atoms with Gasteiger partial charge in [-0.1, -0.05) is 36.4 Å². The molecule has 0 spiro atoms. The van der Waals surface area contributed by atoms with Gasteiger partial charge in [0.15, 0.2) is 0 Å². The molecule has 90 valence electrons. The Hall–Kier alpha value is -2.16. The summed E-state index contributed by atoms with van der Waals surface area (Å²) < 4.78 is 0. The first-order chi connectivity index (χ1) is 8.72. The van der Waals surface area contributed by atoms with Gasteiger partial charge >= 0.3 is 5.97 Å². The van der Waals surface area contributed by atoms with Crippen molar-refractivity contribution in [3.05, 3.63) is 54.2 Å². The number of hydrogen-bond acceptors (Lipinski definition) is 2. The minimum atomic E-state index is -0.764. The van der Waals surface area contributed by atoms with Crippen LogP contribution in [0.15, 0.2) is 48.5 Å². The number of rotatable bonds is 3. The molecule has 1 aromatic carbocycles. The average molecular weight is 239 g/mol. The molecule has 1 N–H and O–H groups in total. The summed E-state index contributed by atoms with van der Waals surface area (Å²) in [5.74, 6) is -0.764. The van der Waals surface area contributed by atoms with E-state index in [9.17, 15) is 9.90 Å². The first-order valence-corrected chi connectivity index (χ1v) is 5.99. The summed E-state index contributed by atoms with van der Waals surface area (Å²) in [6, 6.07) is 15.4. The number of carboxylic acids is 1. The second-order valence-electron chi connectivity index (χ2n) is 4.66. The normalized spacial score (nSPS) is 16.2. The van der Waals surface area contributed by atoms with E-state index in [1.54, 1.807) is 0 Å². The third-order valence-electron chi connectivity index (χ3n) is 3.47. The molecule has 0 saturated heterocycles. The van der Waals surface area contributed by atoms with Crippen LogP contribution in [0.4, 0.5) is 0 Å². The quantitative estimate of drug-likeness (QED) is 0.896. The predicted molar refractivity (Wildman–Crippen MR) is 68.2 cm³/mol. The molecule has 1 heterocycles. The van der Waals surface area contributed by atoms with Crippen LogP contribution in [0, 0.1) is 0 Å². The largest absolute Gasteiger partial charge is 0.481 e. The number of aromatic nitrogens is 1. The summed E-state index contributed by atoms with van der Waals surface area (Å²) in [7, 11) is 0. The molecule has 0 radical (unpaired) electrons. The van der Waals surface area contributed by atoms with Crippen LogP contribution in [0.25, 0.3) is 11.3 Å². The van der Waals surface area contributed by atoms with Gasteiger partial charge in [-0.05, 0) is 25.0 Å². The lowest BCUT2D eigenvalue weighted by Crippen LogP contribution is -2.20. The molecular formula is C15H13NO2. The van der Waals surface area contributed by atoms with Gasteiger partial charge in [-0.15, -0.1) is 0 Å². The highest BCUT2D eigenvalue weighted by Gasteiger charge is 2.53. The van der Waals surface area contributed by atoms with Crippen LogP contribution in [0.1, 0.15) is 18.5 Å². The maximum atomic E-state index is 11.3. The van der Waals surface area contributed by atoms with Gasteiger partial charge in [0.25, 0.3) is 0 Å². The first kappa shape index (κ1) is 11.0. The van der Waals surface area contributed by atoms with E-state index in [4.69, 9.17) is 0 Å². The zero-order valence-electron chi connectivity index (χ0n) is 9.84. The Morgan fingerprint density at radius 2 is 1.78 bits per heavy atom. The Morgan fingerprint density at radius 3 is 2.39 bits per heavy atom. The van der Waals surface area contributed by atoms with Crippen molar-refractivity contribution >= 4 is 5.97 Å². The third-order valence-corrected chi connectivity index (χ3v) is 3.47. The van der Waals surface area contributed by atoms with E-state index < -0.39 is 11.4 Å². The van der Waals surface area contributed by atoms with Gasteiger partial charge in [-0.3, -0.25) is 9.78 Å². The Kier molecular flexibility index (Phi) is 2.40. The van der Waals surface area contributed by atoms with Gasteiger partial charge in [0, 0.05) is 5.56 Å².